The first-order valence-corrected chi connectivity index (χ1v) is 7.56. The Morgan fingerprint density at radius 3 is 2.61 bits per heavy atom. The molecular formula is C18H22N2O3. The Labute approximate surface area is 136 Å². The molecule has 2 N–H and O–H groups in total. The monoisotopic (exact) mass is 314 g/mol. The number of ether oxygens (including phenoxy) is 2. The van der Waals surface area contributed by atoms with Crippen molar-refractivity contribution in [3.63, 3.8) is 0 Å². The van der Waals surface area contributed by atoms with Gasteiger partial charge in [-0.1, -0.05) is 23.8 Å². The van der Waals surface area contributed by atoms with Crippen LogP contribution in [0.3, 0.4) is 0 Å². The van der Waals surface area contributed by atoms with Gasteiger partial charge in [0.05, 0.1) is 13.7 Å². The van der Waals surface area contributed by atoms with E-state index in [2.05, 4.69) is 10.6 Å². The van der Waals surface area contributed by atoms with E-state index >= 15 is 0 Å². The first-order valence-electron chi connectivity index (χ1n) is 7.56. The Kier molecular flexibility index (Phi) is 6.29. The third-order valence-electron chi connectivity index (χ3n) is 3.22. The second-order valence-electron chi connectivity index (χ2n) is 5.13. The summed E-state index contributed by atoms with van der Waals surface area (Å²) in [6, 6.07) is 14.9. The van der Waals surface area contributed by atoms with Crippen LogP contribution >= 0.6 is 0 Å². The molecule has 5 heteroatoms. The standard InChI is InChI=1S/C18H22N2O3/c1-14-7-9-16(10-8-14)23-12-4-11-19-18(21)20-15-5-3-6-17(13-15)22-2/h3,5-10,13H,4,11-12H2,1-2H3,(H2,19,20,21). The van der Waals surface area contributed by atoms with Crippen LogP contribution in [0.15, 0.2) is 48.5 Å². The lowest BCUT2D eigenvalue weighted by atomic mass is 10.2. The minimum absolute atomic E-state index is 0.242. The molecule has 0 radical (unpaired) electrons. The van der Waals surface area contributed by atoms with Gasteiger partial charge >= 0.3 is 6.03 Å². The highest BCUT2D eigenvalue weighted by molar-refractivity contribution is 5.89. The number of anilines is 1. The first kappa shape index (κ1) is 16.7. The highest BCUT2D eigenvalue weighted by Crippen LogP contribution is 2.16. The maximum Gasteiger partial charge on any atom is 0.319 e. The Bertz CT molecular complexity index is 626. The van der Waals surface area contributed by atoms with Crippen molar-refractivity contribution in [2.45, 2.75) is 13.3 Å². The van der Waals surface area contributed by atoms with Crippen molar-refractivity contribution >= 4 is 11.7 Å². The van der Waals surface area contributed by atoms with Crippen LogP contribution in [-0.2, 0) is 0 Å². The predicted molar refractivity (Wildman–Crippen MR) is 91.3 cm³/mol. The molecule has 0 aliphatic carbocycles. The zero-order valence-corrected chi connectivity index (χ0v) is 13.5. The molecule has 0 fully saturated rings. The first-order chi connectivity index (χ1) is 11.2. The summed E-state index contributed by atoms with van der Waals surface area (Å²) < 4.78 is 10.7. The zero-order valence-electron chi connectivity index (χ0n) is 13.5. The molecule has 0 aliphatic rings. The number of nitrogens with one attached hydrogen (secondary N) is 2. The van der Waals surface area contributed by atoms with Crippen molar-refractivity contribution in [3.05, 3.63) is 54.1 Å². The zero-order chi connectivity index (χ0) is 16.5. The van der Waals surface area contributed by atoms with Gasteiger partial charge < -0.3 is 20.1 Å². The molecule has 0 atom stereocenters. The van der Waals surface area contributed by atoms with Crippen molar-refractivity contribution < 1.29 is 14.3 Å². The lowest BCUT2D eigenvalue weighted by molar-refractivity contribution is 0.250. The van der Waals surface area contributed by atoms with Gasteiger partial charge in [0, 0.05) is 18.3 Å². The quantitative estimate of drug-likeness (QED) is 0.768. The molecule has 0 spiro atoms. The molecule has 0 unspecified atom stereocenters. The molecule has 0 aliphatic heterocycles. The maximum absolute atomic E-state index is 11.8. The van der Waals surface area contributed by atoms with Gasteiger partial charge in [-0.15, -0.1) is 0 Å². The summed E-state index contributed by atoms with van der Waals surface area (Å²) in [6.07, 6.45) is 0.736. The van der Waals surface area contributed by atoms with Gasteiger partial charge in [0.1, 0.15) is 11.5 Å². The minimum atomic E-state index is -0.242. The molecular weight excluding hydrogens is 292 g/mol. The molecule has 2 aromatic rings. The summed E-state index contributed by atoms with van der Waals surface area (Å²) in [5.41, 5.74) is 1.89. The van der Waals surface area contributed by atoms with Crippen molar-refractivity contribution in [3.8, 4) is 11.5 Å². The van der Waals surface area contributed by atoms with E-state index in [0.717, 1.165) is 12.2 Å². The molecule has 2 aromatic carbocycles. The minimum Gasteiger partial charge on any atom is -0.497 e. The number of methoxy groups -OCH3 is 1. The van der Waals surface area contributed by atoms with Gasteiger partial charge in [-0.25, -0.2) is 4.79 Å². The fraction of sp³-hybridized carbons (Fsp3) is 0.278. The van der Waals surface area contributed by atoms with Crippen LogP contribution in [0.4, 0.5) is 10.5 Å². The topological polar surface area (TPSA) is 59.6 Å². The molecule has 2 rings (SSSR count). The van der Waals surface area contributed by atoms with Gasteiger partial charge in [-0.2, -0.15) is 0 Å². The number of benzene rings is 2. The summed E-state index contributed by atoms with van der Waals surface area (Å²) in [6.45, 7) is 3.14. The Morgan fingerprint density at radius 2 is 1.87 bits per heavy atom. The largest absolute Gasteiger partial charge is 0.497 e. The molecule has 0 heterocycles. The van der Waals surface area contributed by atoms with E-state index in [0.29, 0.717) is 24.6 Å². The molecule has 2 amide bonds. The average Bonchev–Trinajstić information content (AvgIpc) is 2.56. The van der Waals surface area contributed by atoms with E-state index in [1.807, 2.05) is 49.4 Å². The number of carbonyl (C=O) groups is 1. The number of carbonyl (C=O) groups excluding carboxylic acids is 1. The third kappa shape index (κ3) is 5.90. The molecule has 5 nitrogen and oxygen atoms in total. The molecule has 0 bridgehead atoms. The second-order valence-corrected chi connectivity index (χ2v) is 5.13. The lowest BCUT2D eigenvalue weighted by Crippen LogP contribution is -2.30. The summed E-state index contributed by atoms with van der Waals surface area (Å²) in [5.74, 6) is 1.55. The maximum atomic E-state index is 11.8. The molecule has 0 saturated heterocycles. The smallest absolute Gasteiger partial charge is 0.319 e. The Balaban J connectivity index is 1.63. The van der Waals surface area contributed by atoms with E-state index in [1.165, 1.54) is 5.56 Å². The van der Waals surface area contributed by atoms with Crippen LogP contribution in [0.25, 0.3) is 0 Å². The van der Waals surface area contributed by atoms with Crippen LogP contribution in [0.5, 0.6) is 11.5 Å². The van der Waals surface area contributed by atoms with E-state index < -0.39 is 0 Å². The van der Waals surface area contributed by atoms with Gasteiger partial charge in [0.25, 0.3) is 0 Å². The number of amides is 2. The van der Waals surface area contributed by atoms with Crippen molar-refractivity contribution in [2.75, 3.05) is 25.6 Å². The van der Waals surface area contributed by atoms with Gasteiger partial charge in [-0.3, -0.25) is 0 Å². The Hall–Kier alpha value is -2.69. The van der Waals surface area contributed by atoms with E-state index in [4.69, 9.17) is 9.47 Å². The van der Waals surface area contributed by atoms with Gasteiger partial charge in [0.2, 0.25) is 0 Å². The molecule has 0 aromatic heterocycles. The van der Waals surface area contributed by atoms with Crippen LogP contribution in [0, 0.1) is 6.92 Å². The normalized spacial score (nSPS) is 10.0. The average molecular weight is 314 g/mol. The second kappa shape index (κ2) is 8.68. The summed E-state index contributed by atoms with van der Waals surface area (Å²) in [5, 5.41) is 5.55. The highest BCUT2D eigenvalue weighted by Gasteiger charge is 2.02. The van der Waals surface area contributed by atoms with Crippen molar-refractivity contribution in [2.24, 2.45) is 0 Å². The number of urea groups is 1. The lowest BCUT2D eigenvalue weighted by Gasteiger charge is -2.09. The number of rotatable bonds is 7. The fourth-order valence-electron chi connectivity index (χ4n) is 1.97. The van der Waals surface area contributed by atoms with E-state index in [9.17, 15) is 4.79 Å². The van der Waals surface area contributed by atoms with Crippen LogP contribution < -0.4 is 20.1 Å². The summed E-state index contributed by atoms with van der Waals surface area (Å²) >= 11 is 0. The molecule has 23 heavy (non-hydrogen) atoms. The van der Waals surface area contributed by atoms with Crippen LogP contribution in [-0.4, -0.2) is 26.3 Å². The summed E-state index contributed by atoms with van der Waals surface area (Å²) in [4.78, 5) is 11.8. The van der Waals surface area contributed by atoms with Gasteiger partial charge in [-0.05, 0) is 37.6 Å². The van der Waals surface area contributed by atoms with Gasteiger partial charge in [0.15, 0.2) is 0 Å². The van der Waals surface area contributed by atoms with Crippen molar-refractivity contribution in [1.29, 1.82) is 0 Å². The third-order valence-corrected chi connectivity index (χ3v) is 3.22. The fourth-order valence-corrected chi connectivity index (χ4v) is 1.97. The summed E-state index contributed by atoms with van der Waals surface area (Å²) in [7, 11) is 1.59. The molecule has 0 saturated carbocycles. The van der Waals surface area contributed by atoms with Crippen molar-refractivity contribution in [1.82, 2.24) is 5.32 Å². The highest BCUT2D eigenvalue weighted by atomic mass is 16.5. The molecule has 122 valence electrons. The van der Waals surface area contributed by atoms with Crippen LogP contribution in [0.2, 0.25) is 0 Å². The number of aryl methyl sites for hydroxylation is 1. The van der Waals surface area contributed by atoms with Crippen LogP contribution in [0.1, 0.15) is 12.0 Å². The van der Waals surface area contributed by atoms with E-state index in [1.54, 1.807) is 13.2 Å². The SMILES string of the molecule is COc1cccc(NC(=O)NCCCOc2ccc(C)cc2)c1. The predicted octanol–water partition coefficient (Wildman–Crippen LogP) is 3.59. The number of hydrogen-bond acceptors (Lipinski definition) is 3. The number of hydrogen-bond donors (Lipinski definition) is 2. The van der Waals surface area contributed by atoms with E-state index in [-0.39, 0.29) is 6.03 Å². The Morgan fingerprint density at radius 1 is 1.09 bits per heavy atom.